The van der Waals surface area contributed by atoms with E-state index in [1.165, 1.54) is 12.1 Å². The number of hydrogen-bond acceptors (Lipinski definition) is 6. The Morgan fingerprint density at radius 2 is 0.633 bits per heavy atom. The van der Waals surface area contributed by atoms with Gasteiger partial charge in [-0.1, -0.05) is 24.3 Å². The summed E-state index contributed by atoms with van der Waals surface area (Å²) in [5, 5.41) is 3.12. The third-order valence-corrected chi connectivity index (χ3v) is 6.43. The molecule has 0 aliphatic carbocycles. The first-order chi connectivity index (χ1) is 14.4. The Balaban J connectivity index is 2.21. The molecule has 7 aromatic carbocycles. The molecule has 0 aliphatic heterocycles. The smallest absolute Gasteiger partial charge is 0.238 e. The van der Waals surface area contributed by atoms with Crippen molar-refractivity contribution in [3.05, 3.63) is 97.7 Å². The van der Waals surface area contributed by atoms with Gasteiger partial charge in [0.25, 0.3) is 0 Å². The average Bonchev–Trinajstić information content (AvgIpc) is 2.75. The fourth-order valence-corrected chi connectivity index (χ4v) is 5.24. The first-order valence-electron chi connectivity index (χ1n) is 9.21. The molecule has 0 amide bonds. The highest BCUT2D eigenvalue weighted by atomic mass is 16.2. The standard InChI is InChI=1S/C24H6O6/c25-19-9-5-3-7-1-2-8-4-6-10-14-12(8)11(7)13(9)15-16(14)18(22(28)20(10)26)24(30)23(29)17(15)21(19)27/h1-6H. The van der Waals surface area contributed by atoms with Gasteiger partial charge in [-0.05, 0) is 33.7 Å². The summed E-state index contributed by atoms with van der Waals surface area (Å²) >= 11 is 0. The summed E-state index contributed by atoms with van der Waals surface area (Å²) in [5.41, 5.74) is -6.24. The predicted octanol–water partition coefficient (Wildman–Crippen LogP) is 1.39. The van der Waals surface area contributed by atoms with Crippen molar-refractivity contribution in [1.82, 2.24) is 0 Å². The molecule has 30 heavy (non-hydrogen) atoms. The van der Waals surface area contributed by atoms with E-state index >= 15 is 0 Å². The van der Waals surface area contributed by atoms with Gasteiger partial charge in [-0.15, -0.1) is 0 Å². The molecule has 6 nitrogen and oxygen atoms in total. The SMILES string of the molecule is O=c1c(=O)c2c(=O)c(=O)c3c(=O)c(=O)c4ccc5ccc6ccc1c1c6c5c4c3c21. The molecule has 7 rings (SSSR count). The minimum Gasteiger partial charge on any atom is -0.285 e. The van der Waals surface area contributed by atoms with E-state index in [-0.39, 0.29) is 21.5 Å². The van der Waals surface area contributed by atoms with E-state index in [9.17, 15) is 28.8 Å². The second kappa shape index (κ2) is 4.46. The first-order valence-corrected chi connectivity index (χ1v) is 9.21. The van der Waals surface area contributed by atoms with E-state index in [0.29, 0.717) is 21.5 Å². The lowest BCUT2D eigenvalue weighted by atomic mass is 9.82. The number of rotatable bonds is 0. The summed E-state index contributed by atoms with van der Waals surface area (Å²) in [4.78, 5) is 76.9. The molecule has 0 N–H and O–H groups in total. The van der Waals surface area contributed by atoms with E-state index < -0.39 is 43.3 Å². The van der Waals surface area contributed by atoms with Crippen LogP contribution in [0.1, 0.15) is 0 Å². The van der Waals surface area contributed by atoms with Crippen LogP contribution in [0.4, 0.5) is 0 Å². The molecule has 0 aromatic heterocycles. The zero-order valence-electron chi connectivity index (χ0n) is 14.9. The lowest BCUT2D eigenvalue weighted by molar-refractivity contribution is 1.51. The summed E-state index contributed by atoms with van der Waals surface area (Å²) in [6.07, 6.45) is 0. The molecule has 0 unspecified atom stereocenters. The minimum absolute atomic E-state index is 0.132. The molecule has 7 aromatic rings. The highest BCUT2D eigenvalue weighted by molar-refractivity contribution is 6.44. The molecule has 0 radical (unpaired) electrons. The second-order valence-corrected chi connectivity index (χ2v) is 7.71. The fourth-order valence-electron chi connectivity index (χ4n) is 5.24. The Labute approximate surface area is 162 Å². The van der Waals surface area contributed by atoms with E-state index in [1.54, 1.807) is 12.1 Å². The molecule has 0 spiro atoms. The lowest BCUT2D eigenvalue weighted by Gasteiger charge is -2.18. The van der Waals surface area contributed by atoms with Crippen molar-refractivity contribution in [2.24, 2.45) is 0 Å². The van der Waals surface area contributed by atoms with E-state index in [4.69, 9.17) is 0 Å². The monoisotopic (exact) mass is 390 g/mol. The molecule has 0 saturated carbocycles. The van der Waals surface area contributed by atoms with Gasteiger partial charge in [-0.2, -0.15) is 0 Å². The van der Waals surface area contributed by atoms with Crippen LogP contribution in [0, 0.1) is 0 Å². The summed E-state index contributed by atoms with van der Waals surface area (Å²) in [7, 11) is 0. The zero-order chi connectivity index (χ0) is 20.6. The highest BCUT2D eigenvalue weighted by Crippen LogP contribution is 2.44. The summed E-state index contributed by atoms with van der Waals surface area (Å²) in [5.74, 6) is 0. The maximum atomic E-state index is 12.8. The van der Waals surface area contributed by atoms with Gasteiger partial charge in [-0.3, -0.25) is 28.8 Å². The summed E-state index contributed by atoms with van der Waals surface area (Å²) in [6.45, 7) is 0. The Morgan fingerprint density at radius 1 is 0.300 bits per heavy atom. The van der Waals surface area contributed by atoms with Gasteiger partial charge in [0.15, 0.2) is 0 Å². The van der Waals surface area contributed by atoms with Gasteiger partial charge in [0, 0.05) is 32.3 Å². The van der Waals surface area contributed by atoms with Crippen LogP contribution in [0.5, 0.6) is 0 Å². The molecule has 138 valence electrons. The maximum Gasteiger partial charge on any atom is 0.238 e. The van der Waals surface area contributed by atoms with Gasteiger partial charge in [0.2, 0.25) is 32.6 Å². The molecule has 0 heterocycles. The van der Waals surface area contributed by atoms with Crippen molar-refractivity contribution >= 4 is 64.6 Å². The van der Waals surface area contributed by atoms with Gasteiger partial charge < -0.3 is 0 Å². The van der Waals surface area contributed by atoms with Crippen molar-refractivity contribution < 1.29 is 0 Å². The van der Waals surface area contributed by atoms with Crippen molar-refractivity contribution in [1.29, 1.82) is 0 Å². The van der Waals surface area contributed by atoms with Crippen molar-refractivity contribution in [3.63, 3.8) is 0 Å². The van der Waals surface area contributed by atoms with Crippen LogP contribution in [-0.2, 0) is 0 Å². The van der Waals surface area contributed by atoms with E-state index in [0.717, 1.165) is 10.8 Å². The molecular weight excluding hydrogens is 384 g/mol. The third-order valence-electron chi connectivity index (χ3n) is 6.43. The van der Waals surface area contributed by atoms with Gasteiger partial charge in [0.1, 0.15) is 0 Å². The maximum absolute atomic E-state index is 12.8. The zero-order valence-corrected chi connectivity index (χ0v) is 14.9. The van der Waals surface area contributed by atoms with Crippen molar-refractivity contribution in [3.8, 4) is 0 Å². The Morgan fingerprint density at radius 3 is 1.03 bits per heavy atom. The molecule has 0 bridgehead atoms. The largest absolute Gasteiger partial charge is 0.285 e. The quantitative estimate of drug-likeness (QED) is 0.220. The minimum atomic E-state index is -1.21. The highest BCUT2D eigenvalue weighted by Gasteiger charge is 2.28. The summed E-state index contributed by atoms with van der Waals surface area (Å²) in [6, 6.07) is 10.2. The van der Waals surface area contributed by atoms with Gasteiger partial charge >= 0.3 is 0 Å². The Bertz CT molecular complexity index is 2060. The van der Waals surface area contributed by atoms with Gasteiger partial charge in [0.05, 0.1) is 10.8 Å². The fraction of sp³-hybridized carbons (Fsp3) is 0. The normalized spacial score (nSPS) is 12.8. The predicted molar refractivity (Wildman–Crippen MR) is 116 cm³/mol. The van der Waals surface area contributed by atoms with E-state index in [1.807, 2.05) is 12.1 Å². The average molecular weight is 390 g/mol. The lowest BCUT2D eigenvalue weighted by Crippen LogP contribution is -2.38. The van der Waals surface area contributed by atoms with Crippen molar-refractivity contribution in [2.45, 2.75) is 0 Å². The van der Waals surface area contributed by atoms with Crippen LogP contribution in [0.2, 0.25) is 0 Å². The Kier molecular flexibility index (Phi) is 2.32. The van der Waals surface area contributed by atoms with Crippen LogP contribution in [-0.4, -0.2) is 0 Å². The van der Waals surface area contributed by atoms with Crippen LogP contribution in [0.3, 0.4) is 0 Å². The topological polar surface area (TPSA) is 102 Å². The molecule has 6 heteroatoms. The molecule has 0 fully saturated rings. The third kappa shape index (κ3) is 1.36. The number of benzene rings is 7. The molecular formula is C24H6O6. The van der Waals surface area contributed by atoms with Crippen LogP contribution in [0.25, 0.3) is 64.6 Å². The van der Waals surface area contributed by atoms with E-state index in [2.05, 4.69) is 0 Å². The van der Waals surface area contributed by atoms with Crippen LogP contribution in [0.15, 0.2) is 65.2 Å². The second-order valence-electron chi connectivity index (χ2n) is 7.71. The molecule has 0 atom stereocenters. The van der Waals surface area contributed by atoms with Gasteiger partial charge in [-0.25, -0.2) is 0 Å². The molecule has 0 aliphatic rings. The first kappa shape index (κ1) is 15.6. The van der Waals surface area contributed by atoms with Crippen LogP contribution >= 0.6 is 0 Å². The molecule has 0 saturated heterocycles. The number of hydrogen-bond donors (Lipinski definition) is 0. The van der Waals surface area contributed by atoms with Crippen molar-refractivity contribution in [2.75, 3.05) is 0 Å². The summed E-state index contributed by atoms with van der Waals surface area (Å²) < 4.78 is 0. The Hall–Kier alpha value is -4.32. The van der Waals surface area contributed by atoms with Crippen LogP contribution < -0.4 is 32.6 Å².